The second-order valence-corrected chi connectivity index (χ2v) is 7.37. The first-order valence-corrected chi connectivity index (χ1v) is 9.94. The number of hydrogen-bond acceptors (Lipinski definition) is 5. The Morgan fingerprint density at radius 3 is 2.39 bits per heavy atom. The van der Waals surface area contributed by atoms with Gasteiger partial charge in [-0.2, -0.15) is 0 Å². The highest BCUT2D eigenvalue weighted by molar-refractivity contribution is 5.89. The standard InChI is InChI=1S/C23H22F2N4O2/c1-14(30)28-21-3-2-15(10-20(21)25)18-12-17(24)13-19(23(18)31)16-4-5-27-22(11-16)29-8-6-26-7-9-29/h2-5,10-13,26,31H,6-9H2,1H3,(H,28,30). The van der Waals surface area contributed by atoms with Crippen LogP contribution in [0.2, 0.25) is 0 Å². The molecule has 3 N–H and O–H groups in total. The van der Waals surface area contributed by atoms with Gasteiger partial charge in [-0.05, 0) is 47.5 Å². The third kappa shape index (κ3) is 4.49. The van der Waals surface area contributed by atoms with Crippen LogP contribution >= 0.6 is 0 Å². The Bertz CT molecular complexity index is 1130. The molecule has 0 radical (unpaired) electrons. The Morgan fingerprint density at radius 2 is 1.74 bits per heavy atom. The zero-order valence-electron chi connectivity index (χ0n) is 17.0. The van der Waals surface area contributed by atoms with Crippen LogP contribution in [-0.2, 0) is 4.79 Å². The Kier molecular flexibility index (Phi) is 5.81. The van der Waals surface area contributed by atoms with Crippen molar-refractivity contribution in [2.45, 2.75) is 6.92 Å². The van der Waals surface area contributed by atoms with Crippen molar-refractivity contribution in [1.29, 1.82) is 0 Å². The van der Waals surface area contributed by atoms with Gasteiger partial charge in [0.2, 0.25) is 5.91 Å². The van der Waals surface area contributed by atoms with E-state index >= 15 is 0 Å². The Labute approximate surface area is 178 Å². The number of aromatic nitrogens is 1. The van der Waals surface area contributed by atoms with E-state index in [1.165, 1.54) is 25.1 Å². The summed E-state index contributed by atoms with van der Waals surface area (Å²) in [7, 11) is 0. The molecule has 0 spiro atoms. The van der Waals surface area contributed by atoms with Gasteiger partial charge in [-0.1, -0.05) is 6.07 Å². The predicted molar refractivity (Wildman–Crippen MR) is 116 cm³/mol. The number of phenols is 1. The predicted octanol–water partition coefficient (Wildman–Crippen LogP) is 3.77. The molecule has 2 aromatic carbocycles. The normalized spacial score (nSPS) is 13.8. The van der Waals surface area contributed by atoms with E-state index in [1.54, 1.807) is 12.3 Å². The number of phenolic OH excluding ortho intramolecular Hbond substituents is 1. The van der Waals surface area contributed by atoms with Gasteiger partial charge in [0.05, 0.1) is 5.69 Å². The first-order valence-electron chi connectivity index (χ1n) is 9.94. The molecule has 2 heterocycles. The van der Waals surface area contributed by atoms with Crippen LogP contribution in [0.4, 0.5) is 20.3 Å². The number of halogens is 2. The molecular formula is C23H22F2N4O2. The van der Waals surface area contributed by atoms with Crippen molar-refractivity contribution >= 4 is 17.4 Å². The lowest BCUT2D eigenvalue weighted by Crippen LogP contribution is -2.43. The van der Waals surface area contributed by atoms with Crippen LogP contribution in [-0.4, -0.2) is 42.2 Å². The van der Waals surface area contributed by atoms with Crippen molar-refractivity contribution < 1.29 is 18.7 Å². The number of nitrogens with one attached hydrogen (secondary N) is 2. The average Bonchev–Trinajstić information content (AvgIpc) is 2.77. The zero-order chi connectivity index (χ0) is 22.0. The van der Waals surface area contributed by atoms with Crippen LogP contribution in [0.1, 0.15) is 6.92 Å². The molecule has 31 heavy (non-hydrogen) atoms. The first kappa shape index (κ1) is 20.7. The minimum absolute atomic E-state index is 0.0159. The molecule has 0 unspecified atom stereocenters. The highest BCUT2D eigenvalue weighted by Crippen LogP contribution is 2.40. The summed E-state index contributed by atoms with van der Waals surface area (Å²) in [4.78, 5) is 17.7. The van der Waals surface area contributed by atoms with Crippen LogP contribution < -0.4 is 15.5 Å². The molecule has 1 aliphatic heterocycles. The van der Waals surface area contributed by atoms with Gasteiger partial charge in [-0.25, -0.2) is 13.8 Å². The number of anilines is 2. The number of hydrogen-bond donors (Lipinski definition) is 3. The van der Waals surface area contributed by atoms with E-state index in [0.29, 0.717) is 16.7 Å². The highest BCUT2D eigenvalue weighted by Gasteiger charge is 2.18. The molecule has 1 aromatic heterocycles. The molecule has 4 rings (SSSR count). The summed E-state index contributed by atoms with van der Waals surface area (Å²) in [6, 6.07) is 9.97. The van der Waals surface area contributed by atoms with Gasteiger partial charge in [-0.15, -0.1) is 0 Å². The number of benzene rings is 2. The SMILES string of the molecule is CC(=O)Nc1ccc(-c2cc(F)cc(-c3ccnc(N4CCNCC4)c3)c2O)cc1F. The molecule has 1 fully saturated rings. The van der Waals surface area contributed by atoms with Gasteiger partial charge in [0.25, 0.3) is 0 Å². The number of carbonyl (C=O) groups excluding carboxylic acids is 1. The van der Waals surface area contributed by atoms with E-state index in [1.807, 2.05) is 6.07 Å². The monoisotopic (exact) mass is 424 g/mol. The van der Waals surface area contributed by atoms with E-state index in [2.05, 4.69) is 20.5 Å². The number of aromatic hydroxyl groups is 1. The fourth-order valence-corrected chi connectivity index (χ4v) is 3.67. The van der Waals surface area contributed by atoms with E-state index in [4.69, 9.17) is 0 Å². The van der Waals surface area contributed by atoms with Crippen LogP contribution in [0, 0.1) is 11.6 Å². The van der Waals surface area contributed by atoms with Gasteiger partial charge in [0, 0.05) is 50.4 Å². The topological polar surface area (TPSA) is 77.5 Å². The molecule has 1 amide bonds. The van der Waals surface area contributed by atoms with Gasteiger partial charge >= 0.3 is 0 Å². The Balaban J connectivity index is 1.73. The molecule has 8 heteroatoms. The number of carbonyl (C=O) groups is 1. The Morgan fingerprint density at radius 1 is 1.06 bits per heavy atom. The van der Waals surface area contributed by atoms with Crippen molar-refractivity contribution in [3.63, 3.8) is 0 Å². The van der Waals surface area contributed by atoms with Crippen molar-refractivity contribution in [1.82, 2.24) is 10.3 Å². The maximum atomic E-state index is 14.5. The summed E-state index contributed by atoms with van der Waals surface area (Å²) in [5.74, 6) is -1.06. The van der Waals surface area contributed by atoms with Gasteiger partial charge in [0.15, 0.2) is 0 Å². The second kappa shape index (κ2) is 8.69. The number of amides is 1. The zero-order valence-corrected chi connectivity index (χ0v) is 17.0. The largest absolute Gasteiger partial charge is 0.507 e. The fourth-order valence-electron chi connectivity index (χ4n) is 3.67. The number of piperazine rings is 1. The summed E-state index contributed by atoms with van der Waals surface area (Å²) in [6.07, 6.45) is 1.62. The smallest absolute Gasteiger partial charge is 0.221 e. The van der Waals surface area contributed by atoms with E-state index in [-0.39, 0.29) is 17.0 Å². The second-order valence-electron chi connectivity index (χ2n) is 7.37. The summed E-state index contributed by atoms with van der Waals surface area (Å²) < 4.78 is 28.9. The third-order valence-corrected chi connectivity index (χ3v) is 5.16. The van der Waals surface area contributed by atoms with Crippen molar-refractivity contribution in [2.75, 3.05) is 36.4 Å². The molecule has 0 aliphatic carbocycles. The summed E-state index contributed by atoms with van der Waals surface area (Å²) in [5.41, 5.74) is 1.37. The molecule has 0 atom stereocenters. The van der Waals surface area contributed by atoms with Crippen LogP contribution in [0.15, 0.2) is 48.7 Å². The quantitative estimate of drug-likeness (QED) is 0.594. The maximum Gasteiger partial charge on any atom is 0.221 e. The summed E-state index contributed by atoms with van der Waals surface area (Å²) in [5, 5.41) is 16.6. The van der Waals surface area contributed by atoms with Gasteiger partial charge < -0.3 is 20.6 Å². The third-order valence-electron chi connectivity index (χ3n) is 5.16. The highest BCUT2D eigenvalue weighted by atomic mass is 19.1. The molecule has 0 bridgehead atoms. The van der Waals surface area contributed by atoms with E-state index in [0.717, 1.165) is 44.1 Å². The summed E-state index contributed by atoms with van der Waals surface area (Å²) in [6.45, 7) is 4.58. The number of nitrogens with zero attached hydrogens (tertiary/aromatic N) is 2. The lowest BCUT2D eigenvalue weighted by atomic mass is 9.97. The Hall–Kier alpha value is -3.52. The van der Waals surface area contributed by atoms with E-state index < -0.39 is 17.5 Å². The fraction of sp³-hybridized carbons (Fsp3) is 0.217. The van der Waals surface area contributed by atoms with Crippen molar-refractivity contribution in [3.8, 4) is 28.0 Å². The molecule has 3 aromatic rings. The first-order chi connectivity index (χ1) is 14.9. The lowest BCUT2D eigenvalue weighted by Gasteiger charge is -2.28. The summed E-state index contributed by atoms with van der Waals surface area (Å²) >= 11 is 0. The molecule has 6 nitrogen and oxygen atoms in total. The van der Waals surface area contributed by atoms with Crippen molar-refractivity contribution in [3.05, 3.63) is 60.3 Å². The molecule has 1 aliphatic rings. The van der Waals surface area contributed by atoms with Crippen LogP contribution in [0.3, 0.4) is 0 Å². The van der Waals surface area contributed by atoms with E-state index in [9.17, 15) is 18.7 Å². The molecule has 0 saturated carbocycles. The minimum Gasteiger partial charge on any atom is -0.507 e. The van der Waals surface area contributed by atoms with Crippen LogP contribution in [0.5, 0.6) is 5.75 Å². The molecular weight excluding hydrogens is 402 g/mol. The van der Waals surface area contributed by atoms with Gasteiger partial charge in [-0.3, -0.25) is 4.79 Å². The minimum atomic E-state index is -0.678. The van der Waals surface area contributed by atoms with Gasteiger partial charge in [0.1, 0.15) is 23.2 Å². The average molecular weight is 424 g/mol. The lowest BCUT2D eigenvalue weighted by molar-refractivity contribution is -0.114. The molecule has 1 saturated heterocycles. The van der Waals surface area contributed by atoms with Crippen LogP contribution in [0.25, 0.3) is 22.3 Å². The number of pyridine rings is 1. The maximum absolute atomic E-state index is 14.5. The van der Waals surface area contributed by atoms with Crippen molar-refractivity contribution in [2.24, 2.45) is 0 Å². The number of rotatable bonds is 4. The molecule has 160 valence electrons.